The highest BCUT2D eigenvalue weighted by molar-refractivity contribution is 5.41. The molecule has 2 heterocycles. The van der Waals surface area contributed by atoms with E-state index in [0.29, 0.717) is 6.04 Å². The van der Waals surface area contributed by atoms with E-state index in [1.165, 1.54) is 0 Å². The zero-order chi connectivity index (χ0) is 13.1. The number of ether oxygens (including phenoxy) is 1. The highest BCUT2D eigenvalue weighted by atomic mass is 16.5. The fraction of sp³-hybridized carbons (Fsp3) is 0.643. The first-order valence-electron chi connectivity index (χ1n) is 6.51. The van der Waals surface area contributed by atoms with Crippen LogP contribution in [0.15, 0.2) is 6.20 Å². The van der Waals surface area contributed by atoms with E-state index in [2.05, 4.69) is 16.8 Å². The molecule has 1 N–H and O–H groups in total. The molecule has 0 saturated carbocycles. The maximum absolute atomic E-state index is 9.34. The fourth-order valence-electron chi connectivity index (χ4n) is 2.73. The molecule has 0 unspecified atom stereocenters. The molecular weight excluding hydrogens is 228 g/mol. The van der Waals surface area contributed by atoms with E-state index in [1.54, 1.807) is 7.11 Å². The van der Waals surface area contributed by atoms with Crippen LogP contribution in [0.25, 0.3) is 0 Å². The molecule has 1 aromatic heterocycles. The summed E-state index contributed by atoms with van der Waals surface area (Å²) in [6, 6.07) is 0.290. The number of aliphatic hydroxyl groups is 1. The van der Waals surface area contributed by atoms with Crippen LogP contribution < -0.4 is 4.74 Å². The molecule has 0 radical (unpaired) electrons. The molecule has 2 rings (SSSR count). The van der Waals surface area contributed by atoms with E-state index in [-0.39, 0.29) is 6.61 Å². The van der Waals surface area contributed by atoms with Crippen LogP contribution in [0.3, 0.4) is 0 Å². The van der Waals surface area contributed by atoms with Gasteiger partial charge in [0.1, 0.15) is 5.75 Å². The van der Waals surface area contributed by atoms with Crippen molar-refractivity contribution in [1.29, 1.82) is 0 Å². The lowest BCUT2D eigenvalue weighted by atomic mass is 10.1. The van der Waals surface area contributed by atoms with E-state index in [0.717, 1.165) is 48.5 Å². The number of aryl methyl sites for hydroxylation is 1. The minimum atomic E-state index is 0.238. The second kappa shape index (κ2) is 5.67. The highest BCUT2D eigenvalue weighted by Crippen LogP contribution is 2.26. The number of rotatable bonds is 4. The van der Waals surface area contributed by atoms with Gasteiger partial charge in [-0.1, -0.05) is 0 Å². The molecule has 0 aromatic carbocycles. The largest absolute Gasteiger partial charge is 0.496 e. The predicted octanol–water partition coefficient (Wildman–Crippen LogP) is 1.66. The number of aromatic nitrogens is 1. The standard InChI is InChI=1S/C14H22N2O2/c1-10-7-15-13(11(2)14(10)18-3)8-16-6-4-5-12(16)9-17/h7,12,17H,4-6,8-9H2,1-3H3/t12-/m1/s1. The molecule has 0 aliphatic carbocycles. The first-order chi connectivity index (χ1) is 8.67. The van der Waals surface area contributed by atoms with E-state index >= 15 is 0 Å². The Labute approximate surface area is 109 Å². The molecule has 1 aliphatic rings. The van der Waals surface area contributed by atoms with Crippen molar-refractivity contribution >= 4 is 0 Å². The molecule has 1 atom stereocenters. The predicted molar refractivity (Wildman–Crippen MR) is 70.8 cm³/mol. The lowest BCUT2D eigenvalue weighted by Gasteiger charge is -2.23. The van der Waals surface area contributed by atoms with Crippen molar-refractivity contribution in [1.82, 2.24) is 9.88 Å². The number of hydrogen-bond acceptors (Lipinski definition) is 4. The van der Waals surface area contributed by atoms with Crippen molar-refractivity contribution in [2.24, 2.45) is 0 Å². The Morgan fingerprint density at radius 2 is 2.28 bits per heavy atom. The molecule has 18 heavy (non-hydrogen) atoms. The van der Waals surface area contributed by atoms with Crippen molar-refractivity contribution in [3.8, 4) is 5.75 Å². The summed E-state index contributed by atoms with van der Waals surface area (Å²) in [5.74, 6) is 0.930. The summed E-state index contributed by atoms with van der Waals surface area (Å²) in [7, 11) is 1.70. The molecule has 1 aromatic rings. The molecule has 1 saturated heterocycles. The Kier molecular flexibility index (Phi) is 4.19. The Morgan fingerprint density at radius 3 is 2.94 bits per heavy atom. The zero-order valence-electron chi connectivity index (χ0n) is 11.4. The summed E-state index contributed by atoms with van der Waals surface area (Å²) in [6.45, 7) is 6.14. The third-order valence-electron chi connectivity index (χ3n) is 3.81. The maximum atomic E-state index is 9.34. The van der Waals surface area contributed by atoms with Crippen molar-refractivity contribution in [3.63, 3.8) is 0 Å². The van der Waals surface area contributed by atoms with Crippen molar-refractivity contribution in [3.05, 3.63) is 23.0 Å². The van der Waals surface area contributed by atoms with Crippen LogP contribution in [-0.4, -0.2) is 41.3 Å². The Morgan fingerprint density at radius 1 is 1.50 bits per heavy atom. The number of nitrogens with zero attached hydrogens (tertiary/aromatic N) is 2. The Hall–Kier alpha value is -1.13. The van der Waals surface area contributed by atoms with E-state index in [9.17, 15) is 5.11 Å². The second-order valence-corrected chi connectivity index (χ2v) is 5.00. The second-order valence-electron chi connectivity index (χ2n) is 5.00. The quantitative estimate of drug-likeness (QED) is 0.883. The summed E-state index contributed by atoms with van der Waals surface area (Å²) in [6.07, 6.45) is 4.11. The molecule has 1 fully saturated rings. The van der Waals surface area contributed by atoms with Gasteiger partial charge in [0.15, 0.2) is 0 Å². The minimum Gasteiger partial charge on any atom is -0.496 e. The fourth-order valence-corrected chi connectivity index (χ4v) is 2.73. The summed E-state index contributed by atoms with van der Waals surface area (Å²) in [5, 5.41) is 9.34. The first-order valence-corrected chi connectivity index (χ1v) is 6.51. The van der Waals surface area contributed by atoms with E-state index in [1.807, 2.05) is 13.1 Å². The molecule has 100 valence electrons. The Balaban J connectivity index is 2.19. The average Bonchev–Trinajstić information content (AvgIpc) is 2.81. The number of aliphatic hydroxyl groups excluding tert-OH is 1. The van der Waals surface area contributed by atoms with Crippen LogP contribution in [-0.2, 0) is 6.54 Å². The van der Waals surface area contributed by atoms with Gasteiger partial charge in [0.05, 0.1) is 19.4 Å². The van der Waals surface area contributed by atoms with Crippen molar-refractivity contribution in [2.75, 3.05) is 20.3 Å². The summed E-state index contributed by atoms with van der Waals surface area (Å²) < 4.78 is 5.43. The first kappa shape index (κ1) is 13.3. The van der Waals surface area contributed by atoms with Gasteiger partial charge in [-0.05, 0) is 33.2 Å². The number of hydrogen-bond donors (Lipinski definition) is 1. The van der Waals surface area contributed by atoms with Crippen LogP contribution in [0.1, 0.15) is 29.7 Å². The van der Waals surface area contributed by atoms with Crippen molar-refractivity contribution < 1.29 is 9.84 Å². The number of likely N-dealkylation sites (tertiary alicyclic amines) is 1. The third-order valence-corrected chi connectivity index (χ3v) is 3.81. The van der Waals surface area contributed by atoms with Crippen LogP contribution in [0.5, 0.6) is 5.75 Å². The molecule has 1 aliphatic heterocycles. The monoisotopic (exact) mass is 250 g/mol. The van der Waals surface area contributed by atoms with Gasteiger partial charge >= 0.3 is 0 Å². The average molecular weight is 250 g/mol. The topological polar surface area (TPSA) is 45.6 Å². The number of methoxy groups -OCH3 is 1. The van der Waals surface area contributed by atoms with Crippen LogP contribution in [0.4, 0.5) is 0 Å². The smallest absolute Gasteiger partial charge is 0.128 e. The normalized spacial score (nSPS) is 20.3. The minimum absolute atomic E-state index is 0.238. The van der Waals surface area contributed by atoms with Crippen LogP contribution in [0, 0.1) is 13.8 Å². The van der Waals surface area contributed by atoms with Gasteiger partial charge in [-0.25, -0.2) is 0 Å². The van der Waals surface area contributed by atoms with Crippen molar-refractivity contribution in [2.45, 2.75) is 39.3 Å². The van der Waals surface area contributed by atoms with Crippen LogP contribution in [0.2, 0.25) is 0 Å². The molecular formula is C14H22N2O2. The Bertz CT molecular complexity index is 421. The van der Waals surface area contributed by atoms with E-state index in [4.69, 9.17) is 4.74 Å². The van der Waals surface area contributed by atoms with Gasteiger partial charge in [0, 0.05) is 29.9 Å². The van der Waals surface area contributed by atoms with Gasteiger partial charge in [0.25, 0.3) is 0 Å². The number of pyridine rings is 1. The lowest BCUT2D eigenvalue weighted by molar-refractivity contribution is 0.152. The van der Waals surface area contributed by atoms with Gasteiger partial charge < -0.3 is 9.84 Å². The molecule has 4 nitrogen and oxygen atoms in total. The van der Waals surface area contributed by atoms with E-state index < -0.39 is 0 Å². The molecule has 0 bridgehead atoms. The summed E-state index contributed by atoms with van der Waals surface area (Å²) in [5.41, 5.74) is 3.23. The SMILES string of the molecule is COc1c(C)cnc(CN2CCC[C@@H]2CO)c1C. The van der Waals surface area contributed by atoms with Crippen LogP contribution >= 0.6 is 0 Å². The van der Waals surface area contributed by atoms with Gasteiger partial charge in [-0.2, -0.15) is 0 Å². The van der Waals surface area contributed by atoms with Gasteiger partial charge in [-0.3, -0.25) is 9.88 Å². The van der Waals surface area contributed by atoms with Gasteiger partial charge in [0.2, 0.25) is 0 Å². The highest BCUT2D eigenvalue weighted by Gasteiger charge is 2.25. The molecule has 0 amide bonds. The third kappa shape index (κ3) is 2.49. The summed E-state index contributed by atoms with van der Waals surface area (Å²) in [4.78, 5) is 6.82. The summed E-state index contributed by atoms with van der Waals surface area (Å²) >= 11 is 0. The lowest BCUT2D eigenvalue weighted by Crippen LogP contribution is -2.32. The van der Waals surface area contributed by atoms with Gasteiger partial charge in [-0.15, -0.1) is 0 Å². The zero-order valence-corrected chi connectivity index (χ0v) is 11.4. The maximum Gasteiger partial charge on any atom is 0.128 e. The molecule has 4 heteroatoms. The molecule has 0 spiro atoms.